The summed E-state index contributed by atoms with van der Waals surface area (Å²) in [6, 6.07) is 5.76. The predicted molar refractivity (Wildman–Crippen MR) is 88.1 cm³/mol. The lowest BCUT2D eigenvalue weighted by atomic mass is 10.1. The molecular weight excluding hydrogens is 378 g/mol. The molecule has 2 aliphatic rings. The summed E-state index contributed by atoms with van der Waals surface area (Å²) in [4.78, 5) is 2.67. The quantitative estimate of drug-likeness (QED) is 0.735. The van der Waals surface area contributed by atoms with Gasteiger partial charge in [0.2, 0.25) is 11.4 Å². The number of benzene rings is 1. The largest absolute Gasteiger partial charge is 0.372 e. The number of likely N-dealkylation sites (tertiary alicyclic amines) is 1. The van der Waals surface area contributed by atoms with Gasteiger partial charge < -0.3 is 14.7 Å². The molecule has 0 bridgehead atoms. The van der Waals surface area contributed by atoms with Crippen LogP contribution in [0.2, 0.25) is 0 Å². The molecule has 0 saturated carbocycles. The third-order valence-corrected chi connectivity index (χ3v) is 5.41. The van der Waals surface area contributed by atoms with Crippen molar-refractivity contribution in [3.05, 3.63) is 39.1 Å². The summed E-state index contributed by atoms with van der Waals surface area (Å²) in [5.41, 5.74) is 2.94. The van der Waals surface area contributed by atoms with Crippen LogP contribution < -0.4 is 4.90 Å². The van der Waals surface area contributed by atoms with Gasteiger partial charge in [-0.15, -0.1) is 0 Å². The standard InChI is InChI=1S/C16H18BrN3O4/c1-10-6-11(2-3-12(10)17)16-13(18-24-20(16)21)7-19-8-14-15(9-19)23-5-4-22-14/h2-3,6,14-15H,4-5,7-9H2,1H3/t14-,15+. The maximum absolute atomic E-state index is 12.1. The van der Waals surface area contributed by atoms with Gasteiger partial charge in [0.25, 0.3) is 0 Å². The van der Waals surface area contributed by atoms with Crippen molar-refractivity contribution in [1.29, 1.82) is 0 Å². The van der Waals surface area contributed by atoms with Crippen LogP contribution in [0.15, 0.2) is 27.3 Å². The van der Waals surface area contributed by atoms with Crippen molar-refractivity contribution >= 4 is 15.9 Å². The topological polar surface area (TPSA) is 74.7 Å². The van der Waals surface area contributed by atoms with Crippen molar-refractivity contribution in [2.24, 2.45) is 0 Å². The molecule has 0 radical (unpaired) electrons. The van der Waals surface area contributed by atoms with Crippen LogP contribution in [-0.2, 0) is 16.0 Å². The van der Waals surface area contributed by atoms with E-state index in [0.717, 1.165) is 28.7 Å². The van der Waals surface area contributed by atoms with Gasteiger partial charge in [-0.05, 0) is 35.6 Å². The Bertz CT molecular complexity index is 737. The molecule has 2 atom stereocenters. The van der Waals surface area contributed by atoms with E-state index in [0.29, 0.717) is 36.0 Å². The number of ether oxygens (including phenoxy) is 2. The average Bonchev–Trinajstić information content (AvgIpc) is 3.13. The zero-order valence-corrected chi connectivity index (χ0v) is 14.9. The second-order valence-electron chi connectivity index (χ2n) is 6.20. The molecule has 0 N–H and O–H groups in total. The Hall–Kier alpha value is -1.48. The molecule has 1 aromatic carbocycles. The SMILES string of the molecule is Cc1cc(-c2c(CN3C[C@@H]4OCCO[C@@H]4C3)no[n+]2[O-])ccc1Br. The number of rotatable bonds is 3. The molecule has 128 valence electrons. The zero-order chi connectivity index (χ0) is 16.7. The minimum Gasteiger partial charge on any atom is -0.372 e. The number of nitrogens with zero attached hydrogens (tertiary/aromatic N) is 3. The maximum Gasteiger partial charge on any atom is 0.240 e. The monoisotopic (exact) mass is 395 g/mol. The van der Waals surface area contributed by atoms with Crippen molar-refractivity contribution in [1.82, 2.24) is 10.1 Å². The maximum atomic E-state index is 12.1. The van der Waals surface area contributed by atoms with E-state index in [9.17, 15) is 5.21 Å². The molecule has 0 aliphatic carbocycles. The van der Waals surface area contributed by atoms with Gasteiger partial charge in [0.15, 0.2) is 0 Å². The normalized spacial score (nSPS) is 24.2. The molecule has 0 amide bonds. The summed E-state index contributed by atoms with van der Waals surface area (Å²) < 4.78 is 17.3. The van der Waals surface area contributed by atoms with Gasteiger partial charge in [0, 0.05) is 28.3 Å². The number of fused-ring (bicyclic) bond motifs is 1. The second kappa shape index (κ2) is 6.44. The van der Waals surface area contributed by atoms with E-state index < -0.39 is 0 Å². The van der Waals surface area contributed by atoms with Gasteiger partial charge in [-0.3, -0.25) is 9.53 Å². The lowest BCUT2D eigenvalue weighted by Crippen LogP contribution is -2.36. The summed E-state index contributed by atoms with van der Waals surface area (Å²) in [6.45, 7) is 5.34. The Kier molecular flexibility index (Phi) is 4.29. The molecule has 0 unspecified atom stereocenters. The van der Waals surface area contributed by atoms with Crippen LogP contribution in [0.5, 0.6) is 0 Å². The van der Waals surface area contributed by atoms with Crippen LogP contribution in [0.3, 0.4) is 0 Å². The van der Waals surface area contributed by atoms with Crippen LogP contribution in [0.4, 0.5) is 0 Å². The highest BCUT2D eigenvalue weighted by molar-refractivity contribution is 9.10. The van der Waals surface area contributed by atoms with E-state index >= 15 is 0 Å². The van der Waals surface area contributed by atoms with Crippen LogP contribution in [-0.4, -0.2) is 48.6 Å². The van der Waals surface area contributed by atoms with E-state index in [1.54, 1.807) is 0 Å². The van der Waals surface area contributed by atoms with Gasteiger partial charge in [-0.2, -0.15) is 0 Å². The number of aromatic nitrogens is 2. The minimum absolute atomic E-state index is 0.100. The lowest BCUT2D eigenvalue weighted by Gasteiger charge is -2.24. The van der Waals surface area contributed by atoms with Crippen LogP contribution in [0.1, 0.15) is 11.3 Å². The molecule has 2 fully saturated rings. The van der Waals surface area contributed by atoms with Crippen molar-refractivity contribution in [2.75, 3.05) is 26.3 Å². The highest BCUT2D eigenvalue weighted by atomic mass is 79.9. The zero-order valence-electron chi connectivity index (χ0n) is 13.3. The number of aryl methyl sites for hydroxylation is 1. The molecule has 0 spiro atoms. The molecule has 2 aromatic rings. The Morgan fingerprint density at radius 1 is 1.29 bits per heavy atom. The highest BCUT2D eigenvalue weighted by Crippen LogP contribution is 2.27. The summed E-state index contributed by atoms with van der Waals surface area (Å²) in [6.07, 6.45) is 0.201. The average molecular weight is 396 g/mol. The summed E-state index contributed by atoms with van der Waals surface area (Å²) in [7, 11) is 0. The second-order valence-corrected chi connectivity index (χ2v) is 7.06. The van der Waals surface area contributed by atoms with Crippen LogP contribution in [0, 0.1) is 12.1 Å². The molecule has 3 heterocycles. The Balaban J connectivity index is 1.57. The first kappa shape index (κ1) is 16.0. The highest BCUT2D eigenvalue weighted by Gasteiger charge is 2.38. The third kappa shape index (κ3) is 2.95. The molecule has 24 heavy (non-hydrogen) atoms. The number of hydrogen-bond acceptors (Lipinski definition) is 6. The van der Waals surface area contributed by atoms with Crippen LogP contribution in [0.25, 0.3) is 11.3 Å². The first-order chi connectivity index (χ1) is 11.6. The molecule has 1 aromatic heterocycles. The van der Waals surface area contributed by atoms with Gasteiger partial charge in [0.1, 0.15) is 0 Å². The molecule has 2 saturated heterocycles. The van der Waals surface area contributed by atoms with Crippen molar-refractivity contribution in [3.63, 3.8) is 0 Å². The van der Waals surface area contributed by atoms with E-state index in [1.165, 1.54) is 0 Å². The van der Waals surface area contributed by atoms with Gasteiger partial charge in [-0.1, -0.05) is 15.9 Å². The van der Waals surface area contributed by atoms with E-state index in [4.69, 9.17) is 14.1 Å². The fourth-order valence-corrected chi connectivity index (χ4v) is 3.57. The van der Waals surface area contributed by atoms with Crippen molar-refractivity contribution in [2.45, 2.75) is 25.7 Å². The number of hydrogen-bond donors (Lipinski definition) is 0. The molecule has 4 rings (SSSR count). The summed E-state index contributed by atoms with van der Waals surface area (Å²) >= 11 is 3.48. The van der Waals surface area contributed by atoms with Crippen molar-refractivity contribution in [3.8, 4) is 11.3 Å². The van der Waals surface area contributed by atoms with E-state index in [2.05, 4.69) is 26.0 Å². The predicted octanol–water partition coefficient (Wildman–Crippen LogP) is 1.65. The number of halogens is 1. The smallest absolute Gasteiger partial charge is 0.240 e. The fourth-order valence-electron chi connectivity index (χ4n) is 3.32. The van der Waals surface area contributed by atoms with E-state index in [-0.39, 0.29) is 12.2 Å². The fraction of sp³-hybridized carbons (Fsp3) is 0.500. The summed E-state index contributed by atoms with van der Waals surface area (Å²) in [5.74, 6) is 0. The summed E-state index contributed by atoms with van der Waals surface area (Å²) in [5, 5.41) is 16.0. The first-order valence-corrected chi connectivity index (χ1v) is 8.72. The minimum atomic E-state index is 0.100. The molecule has 2 aliphatic heterocycles. The van der Waals surface area contributed by atoms with Gasteiger partial charge in [-0.25, -0.2) is 0 Å². The Morgan fingerprint density at radius 3 is 2.67 bits per heavy atom. The Labute approximate surface area is 147 Å². The third-order valence-electron chi connectivity index (χ3n) is 4.52. The van der Waals surface area contributed by atoms with E-state index in [1.807, 2.05) is 25.1 Å². The van der Waals surface area contributed by atoms with Crippen molar-refractivity contribution < 1.29 is 19.0 Å². The van der Waals surface area contributed by atoms with Gasteiger partial charge in [0.05, 0.1) is 32.0 Å². The first-order valence-electron chi connectivity index (χ1n) is 7.92. The van der Waals surface area contributed by atoms with Crippen LogP contribution >= 0.6 is 15.9 Å². The lowest BCUT2D eigenvalue weighted by molar-refractivity contribution is -0.793. The van der Waals surface area contributed by atoms with Gasteiger partial charge >= 0.3 is 0 Å². The molecule has 8 heteroatoms. The Morgan fingerprint density at radius 2 is 2.00 bits per heavy atom. The molecular formula is C16H18BrN3O4. The molecule has 7 nitrogen and oxygen atoms in total.